The van der Waals surface area contributed by atoms with Crippen molar-refractivity contribution in [2.75, 3.05) is 38.7 Å². The third-order valence-electron chi connectivity index (χ3n) is 4.85. The molecule has 1 aliphatic heterocycles. The van der Waals surface area contributed by atoms with Crippen LogP contribution in [-0.2, 0) is 4.74 Å². The number of ether oxygens (including phenoxy) is 2. The zero-order chi connectivity index (χ0) is 20.8. The van der Waals surface area contributed by atoms with Crippen LogP contribution in [0.3, 0.4) is 0 Å². The summed E-state index contributed by atoms with van der Waals surface area (Å²) in [6.45, 7) is 4.14. The molecule has 2 atom stereocenters. The van der Waals surface area contributed by atoms with E-state index in [1.807, 2.05) is 31.2 Å². The predicted molar refractivity (Wildman–Crippen MR) is 130 cm³/mol. The molecule has 0 aromatic heterocycles. The Balaban J connectivity index is 0.00000320. The van der Waals surface area contributed by atoms with Crippen LogP contribution in [0.25, 0.3) is 0 Å². The van der Waals surface area contributed by atoms with Gasteiger partial charge in [-0.2, -0.15) is 0 Å². The van der Waals surface area contributed by atoms with Crippen LogP contribution < -0.4 is 15.8 Å². The topological polar surface area (TPSA) is 72.1 Å². The minimum atomic E-state index is -0.354. The summed E-state index contributed by atoms with van der Waals surface area (Å²) in [5.74, 6) is 0.516. The van der Waals surface area contributed by atoms with Crippen LogP contribution in [-0.4, -0.2) is 50.3 Å². The highest BCUT2D eigenvalue weighted by Gasteiger charge is 2.29. The number of nitrogens with zero attached hydrogens (tertiary/aromatic N) is 2. The molecule has 2 unspecified atom stereocenters. The number of hydrogen-bond acceptors (Lipinski definition) is 4. The first-order valence-electron chi connectivity index (χ1n) is 9.49. The van der Waals surface area contributed by atoms with Gasteiger partial charge < -0.3 is 20.5 Å². The lowest BCUT2D eigenvalue weighted by Crippen LogP contribution is -2.44. The number of nitrogens with one attached hydrogen (secondary N) is 1. The summed E-state index contributed by atoms with van der Waals surface area (Å²) < 4.78 is 25.6. The highest BCUT2D eigenvalue weighted by molar-refractivity contribution is 14.0. The molecule has 164 valence electrons. The van der Waals surface area contributed by atoms with Crippen molar-refractivity contribution >= 4 is 47.2 Å². The van der Waals surface area contributed by atoms with Crippen LogP contribution in [0.4, 0.5) is 10.1 Å². The Hall–Kier alpha value is -1.62. The summed E-state index contributed by atoms with van der Waals surface area (Å²) in [5, 5.41) is 3.42. The Morgan fingerprint density at radius 1 is 1.37 bits per heavy atom. The second kappa shape index (κ2) is 11.7. The average Bonchev–Trinajstić information content (AvgIpc) is 2.70. The van der Waals surface area contributed by atoms with Gasteiger partial charge in [0, 0.05) is 23.7 Å². The standard InChI is InChI=1S/C21H26ClFN4O2.HI/c1-14-13-27(10-11-29-14)18(20-15(22)6-5-7-16(20)23)12-25-21(24)26-17-8-3-4-9-19(17)28-2;/h3-9,14,18H,10-13H2,1-2H3,(H3,24,25,26);1H. The third kappa shape index (κ3) is 6.19. The smallest absolute Gasteiger partial charge is 0.193 e. The molecule has 1 aliphatic rings. The van der Waals surface area contributed by atoms with E-state index in [1.54, 1.807) is 19.2 Å². The number of para-hydroxylation sites is 2. The van der Waals surface area contributed by atoms with Crippen molar-refractivity contribution < 1.29 is 13.9 Å². The fourth-order valence-corrected chi connectivity index (χ4v) is 3.75. The van der Waals surface area contributed by atoms with Crippen molar-refractivity contribution in [3.8, 4) is 5.75 Å². The molecule has 3 rings (SSSR count). The second-order valence-corrected chi connectivity index (χ2v) is 7.29. The summed E-state index contributed by atoms with van der Waals surface area (Å²) in [6.07, 6.45) is 0.0461. The van der Waals surface area contributed by atoms with E-state index in [2.05, 4.69) is 15.2 Å². The Kier molecular flexibility index (Phi) is 9.60. The maximum atomic E-state index is 14.7. The molecular formula is C21H27ClFIN4O2. The number of nitrogens with two attached hydrogens (primary N) is 1. The molecule has 0 bridgehead atoms. The van der Waals surface area contributed by atoms with Crippen LogP contribution in [0.1, 0.15) is 18.5 Å². The monoisotopic (exact) mass is 548 g/mol. The first kappa shape index (κ1) is 24.6. The van der Waals surface area contributed by atoms with Crippen LogP contribution >= 0.6 is 35.6 Å². The first-order chi connectivity index (χ1) is 14.0. The molecule has 1 fully saturated rings. The van der Waals surface area contributed by atoms with Gasteiger partial charge in [0.15, 0.2) is 5.96 Å². The molecule has 6 nitrogen and oxygen atoms in total. The maximum Gasteiger partial charge on any atom is 0.193 e. The number of benzene rings is 2. The van der Waals surface area contributed by atoms with Crippen molar-refractivity contribution in [2.45, 2.75) is 19.1 Å². The molecule has 3 N–H and O–H groups in total. The Morgan fingerprint density at radius 2 is 2.13 bits per heavy atom. The van der Waals surface area contributed by atoms with Gasteiger partial charge in [0.25, 0.3) is 0 Å². The average molecular weight is 549 g/mol. The number of anilines is 1. The van der Waals surface area contributed by atoms with Crippen molar-refractivity contribution in [3.05, 3.63) is 58.9 Å². The van der Waals surface area contributed by atoms with Crippen LogP contribution in [0.2, 0.25) is 5.02 Å². The molecule has 0 radical (unpaired) electrons. The Bertz CT molecular complexity index is 850. The second-order valence-electron chi connectivity index (χ2n) is 6.88. The van der Waals surface area contributed by atoms with Gasteiger partial charge >= 0.3 is 0 Å². The fraction of sp³-hybridized carbons (Fsp3) is 0.381. The van der Waals surface area contributed by atoms with Gasteiger partial charge in [-0.1, -0.05) is 29.8 Å². The van der Waals surface area contributed by atoms with Crippen molar-refractivity contribution in [1.82, 2.24) is 4.90 Å². The molecule has 30 heavy (non-hydrogen) atoms. The molecule has 0 amide bonds. The minimum Gasteiger partial charge on any atom is -0.495 e. The third-order valence-corrected chi connectivity index (χ3v) is 5.18. The predicted octanol–water partition coefficient (Wildman–Crippen LogP) is 4.29. The van der Waals surface area contributed by atoms with E-state index >= 15 is 0 Å². The number of halogens is 3. The highest BCUT2D eigenvalue weighted by atomic mass is 127. The number of methoxy groups -OCH3 is 1. The van der Waals surface area contributed by atoms with Crippen molar-refractivity contribution in [1.29, 1.82) is 0 Å². The normalized spacial score (nSPS) is 18.4. The summed E-state index contributed by atoms with van der Waals surface area (Å²) >= 11 is 6.35. The largest absolute Gasteiger partial charge is 0.495 e. The fourth-order valence-electron chi connectivity index (χ4n) is 3.46. The van der Waals surface area contributed by atoms with Crippen LogP contribution in [0, 0.1) is 5.82 Å². The molecule has 1 heterocycles. The van der Waals surface area contributed by atoms with Gasteiger partial charge in [-0.3, -0.25) is 9.89 Å². The molecule has 0 saturated carbocycles. The lowest BCUT2D eigenvalue weighted by molar-refractivity contribution is -0.0336. The summed E-state index contributed by atoms with van der Waals surface area (Å²) in [7, 11) is 1.59. The summed E-state index contributed by atoms with van der Waals surface area (Å²) in [4.78, 5) is 6.61. The lowest BCUT2D eigenvalue weighted by Gasteiger charge is -2.37. The zero-order valence-corrected chi connectivity index (χ0v) is 20.1. The molecule has 0 aliphatic carbocycles. The van der Waals surface area contributed by atoms with E-state index in [0.29, 0.717) is 41.7 Å². The van der Waals surface area contributed by atoms with Gasteiger partial charge in [-0.15, -0.1) is 24.0 Å². The van der Waals surface area contributed by atoms with Crippen LogP contribution in [0.5, 0.6) is 5.75 Å². The number of aliphatic imine (C=N–C) groups is 1. The van der Waals surface area contributed by atoms with Gasteiger partial charge in [-0.05, 0) is 31.2 Å². The highest BCUT2D eigenvalue weighted by Crippen LogP contribution is 2.32. The van der Waals surface area contributed by atoms with Crippen molar-refractivity contribution in [3.63, 3.8) is 0 Å². The van der Waals surface area contributed by atoms with E-state index < -0.39 is 0 Å². The molecule has 9 heteroatoms. The molecule has 2 aromatic carbocycles. The molecular weight excluding hydrogens is 522 g/mol. The zero-order valence-electron chi connectivity index (χ0n) is 17.0. The summed E-state index contributed by atoms with van der Waals surface area (Å²) in [6, 6.07) is 11.8. The molecule has 2 aromatic rings. The molecule has 1 saturated heterocycles. The molecule has 0 spiro atoms. The number of morpholine rings is 1. The van der Waals surface area contributed by atoms with E-state index in [4.69, 9.17) is 26.8 Å². The summed E-state index contributed by atoms with van der Waals surface area (Å²) in [5.41, 5.74) is 7.24. The minimum absolute atomic E-state index is 0. The number of rotatable bonds is 6. The van der Waals surface area contributed by atoms with Gasteiger partial charge in [0.2, 0.25) is 0 Å². The first-order valence-corrected chi connectivity index (χ1v) is 9.87. The number of hydrogen-bond donors (Lipinski definition) is 2. The van der Waals surface area contributed by atoms with E-state index in [0.717, 1.165) is 0 Å². The van der Waals surface area contributed by atoms with Gasteiger partial charge in [-0.25, -0.2) is 4.39 Å². The van der Waals surface area contributed by atoms with Gasteiger partial charge in [0.05, 0.1) is 38.1 Å². The SMILES string of the molecule is COc1ccccc1NC(N)=NCC(c1c(F)cccc1Cl)N1CCOC(C)C1.I. The number of guanidine groups is 1. The van der Waals surface area contributed by atoms with Crippen molar-refractivity contribution in [2.24, 2.45) is 10.7 Å². The quantitative estimate of drug-likeness (QED) is 0.320. The Labute approximate surface area is 198 Å². The van der Waals surface area contributed by atoms with E-state index in [1.165, 1.54) is 6.07 Å². The van der Waals surface area contributed by atoms with Crippen LogP contribution in [0.15, 0.2) is 47.5 Å². The van der Waals surface area contributed by atoms with Gasteiger partial charge in [0.1, 0.15) is 11.6 Å². The maximum absolute atomic E-state index is 14.7. The Morgan fingerprint density at radius 3 is 2.83 bits per heavy atom. The lowest BCUT2D eigenvalue weighted by atomic mass is 10.0. The van der Waals surface area contributed by atoms with E-state index in [9.17, 15) is 4.39 Å². The van der Waals surface area contributed by atoms with E-state index in [-0.39, 0.29) is 54.4 Å².